The van der Waals surface area contributed by atoms with Gasteiger partial charge in [-0.1, -0.05) is 6.92 Å². The lowest BCUT2D eigenvalue weighted by molar-refractivity contribution is -0.149. The minimum atomic E-state index is -0.120. The molecule has 0 amide bonds. The van der Waals surface area contributed by atoms with Gasteiger partial charge in [0.05, 0.1) is 13.0 Å². The molecule has 0 aromatic carbocycles. The fourth-order valence-electron chi connectivity index (χ4n) is 2.05. The smallest absolute Gasteiger partial charge is 0.308 e. The SMILES string of the molecule is COC(=O)C1CC(CO)CC[C@@H]1C. The summed E-state index contributed by atoms with van der Waals surface area (Å²) in [5.41, 5.74) is 0. The highest BCUT2D eigenvalue weighted by molar-refractivity contribution is 5.72. The van der Waals surface area contributed by atoms with Crippen LogP contribution < -0.4 is 0 Å². The van der Waals surface area contributed by atoms with Crippen LogP contribution in [0.3, 0.4) is 0 Å². The maximum atomic E-state index is 11.3. The largest absolute Gasteiger partial charge is 0.469 e. The second-order valence-electron chi connectivity index (χ2n) is 3.97. The lowest BCUT2D eigenvalue weighted by Crippen LogP contribution is -2.31. The van der Waals surface area contributed by atoms with Crippen LogP contribution in [-0.4, -0.2) is 24.8 Å². The van der Waals surface area contributed by atoms with E-state index in [9.17, 15) is 4.79 Å². The van der Waals surface area contributed by atoms with Crippen LogP contribution in [0.2, 0.25) is 0 Å². The van der Waals surface area contributed by atoms with E-state index in [-0.39, 0.29) is 18.5 Å². The summed E-state index contributed by atoms with van der Waals surface area (Å²) in [5.74, 6) is 0.567. The van der Waals surface area contributed by atoms with E-state index in [0.29, 0.717) is 11.8 Å². The highest BCUT2D eigenvalue weighted by atomic mass is 16.5. The van der Waals surface area contributed by atoms with Gasteiger partial charge in [0.15, 0.2) is 0 Å². The van der Waals surface area contributed by atoms with Crippen LogP contribution in [0.25, 0.3) is 0 Å². The zero-order chi connectivity index (χ0) is 9.84. The van der Waals surface area contributed by atoms with Crippen LogP contribution in [-0.2, 0) is 9.53 Å². The van der Waals surface area contributed by atoms with E-state index in [1.165, 1.54) is 7.11 Å². The lowest BCUT2D eigenvalue weighted by atomic mass is 9.75. The summed E-state index contributed by atoms with van der Waals surface area (Å²) < 4.78 is 4.73. The van der Waals surface area contributed by atoms with Gasteiger partial charge in [-0.05, 0) is 31.1 Å². The molecule has 2 unspecified atom stereocenters. The van der Waals surface area contributed by atoms with Crippen molar-refractivity contribution in [1.82, 2.24) is 0 Å². The Balaban J connectivity index is 2.54. The highest BCUT2D eigenvalue weighted by Gasteiger charge is 2.32. The van der Waals surface area contributed by atoms with E-state index in [1.807, 2.05) is 0 Å². The first-order valence-corrected chi connectivity index (χ1v) is 4.87. The van der Waals surface area contributed by atoms with Gasteiger partial charge in [0.2, 0.25) is 0 Å². The van der Waals surface area contributed by atoms with Crippen molar-refractivity contribution < 1.29 is 14.6 Å². The molecular formula is C10H18O3. The monoisotopic (exact) mass is 186 g/mol. The van der Waals surface area contributed by atoms with Crippen LogP contribution in [0.4, 0.5) is 0 Å². The summed E-state index contributed by atoms with van der Waals surface area (Å²) in [4.78, 5) is 11.3. The maximum Gasteiger partial charge on any atom is 0.308 e. The molecule has 1 aliphatic rings. The van der Waals surface area contributed by atoms with Crippen LogP contribution in [0.1, 0.15) is 26.2 Å². The molecule has 1 fully saturated rings. The Morgan fingerprint density at radius 1 is 1.54 bits per heavy atom. The normalized spacial score (nSPS) is 34.2. The molecule has 3 atom stereocenters. The predicted octanol–water partition coefficient (Wildman–Crippen LogP) is 1.20. The Kier molecular flexibility index (Phi) is 3.72. The molecule has 0 aromatic rings. The van der Waals surface area contributed by atoms with Gasteiger partial charge in [-0.3, -0.25) is 4.79 Å². The van der Waals surface area contributed by atoms with E-state index in [0.717, 1.165) is 19.3 Å². The van der Waals surface area contributed by atoms with E-state index in [1.54, 1.807) is 0 Å². The average Bonchev–Trinajstić information content (AvgIpc) is 2.17. The van der Waals surface area contributed by atoms with E-state index in [4.69, 9.17) is 9.84 Å². The van der Waals surface area contributed by atoms with Crippen molar-refractivity contribution in [3.8, 4) is 0 Å². The van der Waals surface area contributed by atoms with Crippen molar-refractivity contribution in [1.29, 1.82) is 0 Å². The molecule has 1 aliphatic carbocycles. The summed E-state index contributed by atoms with van der Waals surface area (Å²) in [7, 11) is 1.43. The number of aliphatic hydroxyl groups is 1. The van der Waals surface area contributed by atoms with Gasteiger partial charge in [-0.2, -0.15) is 0 Å². The molecule has 0 aromatic heterocycles. The number of methoxy groups -OCH3 is 1. The second-order valence-corrected chi connectivity index (χ2v) is 3.97. The van der Waals surface area contributed by atoms with Crippen molar-refractivity contribution in [2.24, 2.45) is 17.8 Å². The Hall–Kier alpha value is -0.570. The Bertz CT molecular complexity index is 179. The van der Waals surface area contributed by atoms with Crippen molar-refractivity contribution >= 4 is 5.97 Å². The van der Waals surface area contributed by atoms with Gasteiger partial charge >= 0.3 is 5.97 Å². The second kappa shape index (κ2) is 4.61. The van der Waals surface area contributed by atoms with Gasteiger partial charge in [0, 0.05) is 6.61 Å². The van der Waals surface area contributed by atoms with Crippen LogP contribution in [0, 0.1) is 17.8 Å². The van der Waals surface area contributed by atoms with Crippen LogP contribution in [0.5, 0.6) is 0 Å². The fourth-order valence-corrected chi connectivity index (χ4v) is 2.05. The molecule has 1 saturated carbocycles. The lowest BCUT2D eigenvalue weighted by Gasteiger charge is -2.31. The molecule has 0 spiro atoms. The summed E-state index contributed by atoms with van der Waals surface area (Å²) in [6.07, 6.45) is 2.83. The van der Waals surface area contributed by atoms with Crippen LogP contribution in [0.15, 0.2) is 0 Å². The first-order valence-electron chi connectivity index (χ1n) is 4.87. The minimum Gasteiger partial charge on any atom is -0.469 e. The number of hydrogen-bond acceptors (Lipinski definition) is 3. The Morgan fingerprint density at radius 3 is 2.77 bits per heavy atom. The number of rotatable bonds is 2. The van der Waals surface area contributed by atoms with E-state index in [2.05, 4.69) is 6.92 Å². The van der Waals surface area contributed by atoms with Crippen molar-refractivity contribution in [2.75, 3.05) is 13.7 Å². The first-order chi connectivity index (χ1) is 6.19. The summed E-state index contributed by atoms with van der Waals surface area (Å²) in [5, 5.41) is 9.00. The Morgan fingerprint density at radius 2 is 2.23 bits per heavy atom. The molecule has 0 bridgehead atoms. The quantitative estimate of drug-likeness (QED) is 0.659. The van der Waals surface area contributed by atoms with Crippen molar-refractivity contribution in [3.63, 3.8) is 0 Å². The predicted molar refractivity (Wildman–Crippen MR) is 49.1 cm³/mol. The maximum absolute atomic E-state index is 11.3. The van der Waals surface area contributed by atoms with E-state index >= 15 is 0 Å². The summed E-state index contributed by atoms with van der Waals surface area (Å²) in [6, 6.07) is 0. The standard InChI is InChI=1S/C10H18O3/c1-7-3-4-8(6-11)5-9(7)10(12)13-2/h7-9,11H,3-6H2,1-2H3/t7-,8?,9?/m0/s1. The van der Waals surface area contributed by atoms with Crippen molar-refractivity contribution in [3.05, 3.63) is 0 Å². The third-order valence-electron chi connectivity index (χ3n) is 3.07. The fraction of sp³-hybridized carbons (Fsp3) is 0.900. The number of carbonyl (C=O) groups is 1. The topological polar surface area (TPSA) is 46.5 Å². The van der Waals surface area contributed by atoms with E-state index < -0.39 is 0 Å². The number of aliphatic hydroxyl groups excluding tert-OH is 1. The van der Waals surface area contributed by atoms with Gasteiger partial charge < -0.3 is 9.84 Å². The molecule has 0 heterocycles. The summed E-state index contributed by atoms with van der Waals surface area (Å²) in [6.45, 7) is 2.27. The molecule has 0 radical (unpaired) electrons. The molecular weight excluding hydrogens is 168 g/mol. The first kappa shape index (κ1) is 10.5. The molecule has 3 heteroatoms. The van der Waals surface area contributed by atoms with Gasteiger partial charge in [-0.25, -0.2) is 0 Å². The van der Waals surface area contributed by atoms with Gasteiger partial charge in [-0.15, -0.1) is 0 Å². The number of carbonyl (C=O) groups excluding carboxylic acids is 1. The van der Waals surface area contributed by atoms with Gasteiger partial charge in [0.1, 0.15) is 0 Å². The molecule has 3 nitrogen and oxygen atoms in total. The molecule has 0 saturated heterocycles. The zero-order valence-electron chi connectivity index (χ0n) is 8.32. The summed E-state index contributed by atoms with van der Waals surface area (Å²) >= 11 is 0. The van der Waals surface area contributed by atoms with Gasteiger partial charge in [0.25, 0.3) is 0 Å². The minimum absolute atomic E-state index is 0.00380. The molecule has 1 rings (SSSR count). The van der Waals surface area contributed by atoms with Crippen LogP contribution >= 0.6 is 0 Å². The number of esters is 1. The Labute approximate surface area is 79.1 Å². The third-order valence-corrected chi connectivity index (χ3v) is 3.07. The average molecular weight is 186 g/mol. The number of hydrogen-bond donors (Lipinski definition) is 1. The molecule has 0 aliphatic heterocycles. The highest BCUT2D eigenvalue weighted by Crippen LogP contribution is 2.33. The molecule has 1 N–H and O–H groups in total. The molecule has 13 heavy (non-hydrogen) atoms. The third kappa shape index (κ3) is 2.44. The van der Waals surface area contributed by atoms with Crippen molar-refractivity contribution in [2.45, 2.75) is 26.2 Å². The molecule has 76 valence electrons. The zero-order valence-corrected chi connectivity index (χ0v) is 8.32. The number of ether oxygens (including phenoxy) is 1.